The quantitative estimate of drug-likeness (QED) is 0.0261. The summed E-state index contributed by atoms with van der Waals surface area (Å²) in [7, 11) is 0. The molecule has 1 atom stereocenters. The molecule has 0 saturated heterocycles. The van der Waals surface area contributed by atoms with Gasteiger partial charge in [-0.05, 0) is 57.8 Å². The number of hydrogen-bond donors (Lipinski definition) is 0. The predicted molar refractivity (Wildman–Crippen MR) is 362 cm³/mol. The number of ether oxygens (including phenoxy) is 3. The Morgan fingerprint density at radius 2 is 0.470 bits per heavy atom. The van der Waals surface area contributed by atoms with Crippen LogP contribution in [0.1, 0.15) is 406 Å². The molecule has 0 aromatic carbocycles. The van der Waals surface area contributed by atoms with Crippen molar-refractivity contribution < 1.29 is 28.6 Å². The summed E-state index contributed by atoms with van der Waals surface area (Å²) >= 11 is 0. The van der Waals surface area contributed by atoms with Crippen molar-refractivity contribution in [3.8, 4) is 0 Å². The summed E-state index contributed by atoms with van der Waals surface area (Å²) in [6, 6.07) is 0. The fraction of sp³-hybridized carbons (Fsp3) is 0.857. The summed E-state index contributed by atoms with van der Waals surface area (Å²) in [5.74, 6) is -0.859. The van der Waals surface area contributed by atoms with E-state index in [4.69, 9.17) is 14.2 Å². The molecule has 0 aliphatic rings. The molecule has 0 bridgehead atoms. The molecule has 6 nitrogen and oxygen atoms in total. The van der Waals surface area contributed by atoms with Gasteiger partial charge in [0.2, 0.25) is 0 Å². The fourth-order valence-corrected chi connectivity index (χ4v) is 11.3. The highest BCUT2D eigenvalue weighted by Gasteiger charge is 2.20. The van der Waals surface area contributed by atoms with Crippen LogP contribution in [0.4, 0.5) is 0 Å². The average Bonchev–Trinajstić information content (AvgIpc) is 3.49. The van der Waals surface area contributed by atoms with Crippen molar-refractivity contribution >= 4 is 17.9 Å². The lowest BCUT2D eigenvalue weighted by atomic mass is 10.0. The molecule has 0 amide bonds. The van der Waals surface area contributed by atoms with E-state index >= 15 is 0 Å². The maximum Gasteiger partial charge on any atom is 0.306 e. The average molecular weight is 1160 g/mol. The Labute approximate surface area is 518 Å². The first-order valence-corrected chi connectivity index (χ1v) is 37.1. The molecule has 0 aromatic rings. The van der Waals surface area contributed by atoms with Crippen LogP contribution in [-0.4, -0.2) is 37.2 Å². The number of rotatable bonds is 69. The molecule has 486 valence electrons. The van der Waals surface area contributed by atoms with Crippen LogP contribution in [0, 0.1) is 0 Å². The minimum atomic E-state index is -0.779. The van der Waals surface area contributed by atoms with Gasteiger partial charge in [-0.3, -0.25) is 14.4 Å². The van der Waals surface area contributed by atoms with Gasteiger partial charge >= 0.3 is 17.9 Å². The molecule has 0 fully saturated rings. The maximum absolute atomic E-state index is 12.9. The minimum Gasteiger partial charge on any atom is -0.462 e. The second kappa shape index (κ2) is 71.8. The highest BCUT2D eigenvalue weighted by Crippen LogP contribution is 2.19. The Morgan fingerprint density at radius 1 is 0.253 bits per heavy atom. The number of esters is 3. The van der Waals surface area contributed by atoms with Crippen LogP contribution in [0.2, 0.25) is 0 Å². The molecule has 0 aliphatic carbocycles. The molecule has 6 heteroatoms. The third-order valence-electron chi connectivity index (χ3n) is 16.8. The van der Waals surface area contributed by atoms with Gasteiger partial charge in [0.05, 0.1) is 0 Å². The van der Waals surface area contributed by atoms with Gasteiger partial charge in [-0.25, -0.2) is 0 Å². The third kappa shape index (κ3) is 70.0. The van der Waals surface area contributed by atoms with Crippen molar-refractivity contribution in [3.05, 3.63) is 48.6 Å². The Bertz CT molecular complexity index is 1430. The van der Waals surface area contributed by atoms with Crippen LogP contribution >= 0.6 is 0 Å². The first-order chi connectivity index (χ1) is 41.0. The molecular weight excluding hydrogens is 1020 g/mol. The number of allylic oxidation sites excluding steroid dienone is 8. The minimum absolute atomic E-state index is 0.0738. The van der Waals surface area contributed by atoms with Gasteiger partial charge in [-0.1, -0.05) is 378 Å². The van der Waals surface area contributed by atoms with E-state index in [1.165, 1.54) is 270 Å². The molecule has 0 radical (unpaired) electrons. The van der Waals surface area contributed by atoms with Gasteiger partial charge in [0, 0.05) is 19.3 Å². The van der Waals surface area contributed by atoms with E-state index < -0.39 is 6.10 Å². The number of hydrogen-bond acceptors (Lipinski definition) is 6. The van der Waals surface area contributed by atoms with E-state index in [0.717, 1.165) is 96.3 Å². The summed E-state index contributed by atoms with van der Waals surface area (Å²) in [6.07, 6.45) is 91.7. The Hall–Kier alpha value is -2.63. The van der Waals surface area contributed by atoms with Crippen LogP contribution in [0.3, 0.4) is 0 Å². The standard InChI is InChI=1S/C77H142O6/c1-4-7-10-13-16-19-22-25-28-30-32-33-34-35-36-37-38-39-40-41-42-43-44-46-47-49-52-55-58-61-64-67-70-76(79)82-73-74(72-81-75(78)69-66-63-60-57-54-51-27-24-21-18-15-12-9-6-3)83-77(80)71-68-65-62-59-56-53-50-48-45-31-29-26-23-20-17-14-11-8-5-2/h8,11,17,20,26,29,45,48,74H,4-7,9-10,12-16,18-19,21-25,27-28,30-44,46-47,49-73H2,1-3H3/b11-8-,20-17-,29-26-,48-45-. The Morgan fingerprint density at radius 3 is 0.735 bits per heavy atom. The summed E-state index contributed by atoms with van der Waals surface area (Å²) in [5, 5.41) is 0. The molecule has 0 N–H and O–H groups in total. The molecular formula is C77H142O6. The van der Waals surface area contributed by atoms with Crippen molar-refractivity contribution in [2.45, 2.75) is 412 Å². The second-order valence-electron chi connectivity index (χ2n) is 25.2. The number of carbonyl (C=O) groups is 3. The molecule has 0 heterocycles. The highest BCUT2D eigenvalue weighted by molar-refractivity contribution is 5.71. The van der Waals surface area contributed by atoms with Crippen LogP contribution in [0.15, 0.2) is 48.6 Å². The van der Waals surface area contributed by atoms with E-state index in [1.54, 1.807) is 0 Å². The van der Waals surface area contributed by atoms with Crippen molar-refractivity contribution in [1.82, 2.24) is 0 Å². The zero-order chi connectivity index (χ0) is 59.9. The molecule has 83 heavy (non-hydrogen) atoms. The van der Waals surface area contributed by atoms with Gasteiger partial charge < -0.3 is 14.2 Å². The van der Waals surface area contributed by atoms with Crippen molar-refractivity contribution in [2.24, 2.45) is 0 Å². The van der Waals surface area contributed by atoms with Crippen molar-refractivity contribution in [1.29, 1.82) is 0 Å². The topological polar surface area (TPSA) is 78.9 Å². The Kier molecular flexibility index (Phi) is 69.6. The van der Waals surface area contributed by atoms with Crippen LogP contribution in [0.5, 0.6) is 0 Å². The van der Waals surface area contributed by atoms with E-state index in [-0.39, 0.29) is 31.1 Å². The fourth-order valence-electron chi connectivity index (χ4n) is 11.3. The third-order valence-corrected chi connectivity index (χ3v) is 16.8. The van der Waals surface area contributed by atoms with Gasteiger partial charge in [0.1, 0.15) is 13.2 Å². The predicted octanol–water partition coefficient (Wildman–Crippen LogP) is 25.7. The molecule has 0 spiro atoms. The highest BCUT2D eigenvalue weighted by atomic mass is 16.6. The lowest BCUT2D eigenvalue weighted by molar-refractivity contribution is -0.167. The summed E-state index contributed by atoms with van der Waals surface area (Å²) < 4.78 is 17.0. The normalized spacial score (nSPS) is 12.3. The van der Waals surface area contributed by atoms with Crippen LogP contribution in [0.25, 0.3) is 0 Å². The molecule has 1 unspecified atom stereocenters. The van der Waals surface area contributed by atoms with Crippen LogP contribution < -0.4 is 0 Å². The second-order valence-corrected chi connectivity index (χ2v) is 25.2. The summed E-state index contributed by atoms with van der Waals surface area (Å²) in [4.78, 5) is 38.4. The Balaban J connectivity index is 4.16. The van der Waals surface area contributed by atoms with Crippen LogP contribution in [-0.2, 0) is 28.6 Å². The number of carbonyl (C=O) groups excluding carboxylic acids is 3. The van der Waals surface area contributed by atoms with E-state index in [0.29, 0.717) is 19.3 Å². The summed E-state index contributed by atoms with van der Waals surface area (Å²) in [5.41, 5.74) is 0. The molecule has 0 aliphatic heterocycles. The monoisotopic (exact) mass is 1160 g/mol. The summed E-state index contributed by atoms with van der Waals surface area (Å²) in [6.45, 7) is 6.59. The number of unbranched alkanes of at least 4 members (excludes halogenated alkanes) is 50. The van der Waals surface area contributed by atoms with Gasteiger partial charge in [-0.2, -0.15) is 0 Å². The van der Waals surface area contributed by atoms with Gasteiger partial charge in [0.15, 0.2) is 6.10 Å². The van der Waals surface area contributed by atoms with E-state index in [1.807, 2.05) is 0 Å². The lowest BCUT2D eigenvalue weighted by Crippen LogP contribution is -2.30. The lowest BCUT2D eigenvalue weighted by Gasteiger charge is -2.18. The van der Waals surface area contributed by atoms with Gasteiger partial charge in [0.25, 0.3) is 0 Å². The van der Waals surface area contributed by atoms with Crippen molar-refractivity contribution in [2.75, 3.05) is 13.2 Å². The smallest absolute Gasteiger partial charge is 0.306 e. The van der Waals surface area contributed by atoms with E-state index in [9.17, 15) is 14.4 Å². The van der Waals surface area contributed by atoms with Gasteiger partial charge in [-0.15, -0.1) is 0 Å². The largest absolute Gasteiger partial charge is 0.462 e. The van der Waals surface area contributed by atoms with Crippen molar-refractivity contribution in [3.63, 3.8) is 0 Å². The first-order valence-electron chi connectivity index (χ1n) is 37.1. The SMILES string of the molecule is CC/C=C\C/C=C\C/C=C\C/C=C\CCCCCCCCC(=O)OC(COC(=O)CCCCCCCCCCCCCCCC)COC(=O)CCCCCCCCCCCCCCCCCCCCCCCCCCCCCCCCCC. The van der Waals surface area contributed by atoms with E-state index in [2.05, 4.69) is 69.4 Å². The molecule has 0 saturated carbocycles. The first kappa shape index (κ1) is 80.4. The zero-order valence-corrected chi connectivity index (χ0v) is 56.0. The molecule has 0 aromatic heterocycles. The molecule has 0 rings (SSSR count). The maximum atomic E-state index is 12.9. The zero-order valence-electron chi connectivity index (χ0n) is 56.0.